The van der Waals surface area contributed by atoms with Gasteiger partial charge in [0.05, 0.1) is 25.0 Å². The van der Waals surface area contributed by atoms with Crippen LogP contribution >= 0.6 is 22.6 Å². The molecule has 11 nitrogen and oxygen atoms in total. The number of hydrogen-bond donors (Lipinski definition) is 2. The second-order valence-electron chi connectivity index (χ2n) is 10.0. The Balaban J connectivity index is 1.39. The first-order valence-electron chi connectivity index (χ1n) is 12.2. The number of nitrogens with one attached hydrogen (secondary N) is 2. The summed E-state index contributed by atoms with van der Waals surface area (Å²) in [5.74, 6) is 0.501. The van der Waals surface area contributed by atoms with Crippen LogP contribution < -0.4 is 10.6 Å². The number of hydrogen-bond acceptors (Lipinski definition) is 6. The van der Waals surface area contributed by atoms with Crippen LogP contribution in [0, 0.1) is 12.3 Å². The lowest BCUT2D eigenvalue weighted by Gasteiger charge is -2.42. The zero-order valence-electron chi connectivity index (χ0n) is 21.7. The zero-order valence-corrected chi connectivity index (χ0v) is 23.8. The molecule has 200 valence electrons. The highest BCUT2D eigenvalue weighted by atomic mass is 127. The van der Waals surface area contributed by atoms with Gasteiger partial charge in [0.15, 0.2) is 0 Å². The molecule has 1 atom stereocenters. The number of carbonyl (C=O) groups is 3. The van der Waals surface area contributed by atoms with Crippen LogP contribution in [0.2, 0.25) is 0 Å². The first-order valence-corrected chi connectivity index (χ1v) is 13.8. The van der Waals surface area contributed by atoms with Crippen LogP contribution in [-0.4, -0.2) is 88.4 Å². The molecular weight excluding hydrogens is 589 g/mol. The summed E-state index contributed by atoms with van der Waals surface area (Å²) in [7, 11) is 1.58. The van der Waals surface area contributed by atoms with Gasteiger partial charge in [0.25, 0.3) is 0 Å². The quantitative estimate of drug-likeness (QED) is 0.346. The Labute approximate surface area is 230 Å². The third-order valence-electron chi connectivity index (χ3n) is 6.83. The molecule has 2 aliphatic rings. The van der Waals surface area contributed by atoms with Crippen LogP contribution in [0.25, 0.3) is 0 Å². The first-order chi connectivity index (χ1) is 17.6. The van der Waals surface area contributed by atoms with Crippen molar-refractivity contribution < 1.29 is 19.1 Å². The topological polar surface area (TPSA) is 112 Å². The summed E-state index contributed by atoms with van der Waals surface area (Å²) in [5, 5.41) is 9.42. The lowest BCUT2D eigenvalue weighted by molar-refractivity contribution is -0.141. The van der Waals surface area contributed by atoms with Gasteiger partial charge >= 0.3 is 12.1 Å². The highest BCUT2D eigenvalue weighted by molar-refractivity contribution is 14.1. The largest absolute Gasteiger partial charge is 0.384 e. The number of fused-ring (bicyclic) bond motifs is 1. The summed E-state index contributed by atoms with van der Waals surface area (Å²) in [6.45, 7) is 8.29. The maximum atomic E-state index is 13.7. The van der Waals surface area contributed by atoms with Gasteiger partial charge in [-0.3, -0.25) is 9.80 Å². The lowest BCUT2D eigenvalue weighted by atomic mass is 9.84. The number of piperazine rings is 1. The molecule has 1 aromatic carbocycles. The fourth-order valence-corrected chi connectivity index (χ4v) is 5.29. The van der Waals surface area contributed by atoms with Gasteiger partial charge in [-0.25, -0.2) is 24.1 Å². The lowest BCUT2D eigenvalue weighted by Crippen LogP contribution is -2.62. The molecule has 12 heteroatoms. The number of hydrazine groups is 1. The first kappa shape index (κ1) is 27.3. The highest BCUT2D eigenvalue weighted by Gasteiger charge is 2.41. The van der Waals surface area contributed by atoms with E-state index in [1.165, 1.54) is 0 Å². The highest BCUT2D eigenvalue weighted by Crippen LogP contribution is 2.25. The van der Waals surface area contributed by atoms with Crippen LogP contribution in [0.15, 0.2) is 30.5 Å². The number of aromatic nitrogens is 2. The normalized spacial score (nSPS) is 17.1. The van der Waals surface area contributed by atoms with Crippen molar-refractivity contribution in [2.75, 3.05) is 45.2 Å². The molecule has 4 amide bonds. The van der Waals surface area contributed by atoms with E-state index in [2.05, 4.69) is 38.2 Å². The Morgan fingerprint density at radius 1 is 1.16 bits per heavy atom. The summed E-state index contributed by atoms with van der Waals surface area (Å²) in [6, 6.07) is 6.24. The number of halogens is 1. The van der Waals surface area contributed by atoms with E-state index in [9.17, 15) is 14.4 Å². The van der Waals surface area contributed by atoms with Gasteiger partial charge in [0, 0.05) is 48.8 Å². The molecule has 1 saturated heterocycles. The van der Waals surface area contributed by atoms with Crippen LogP contribution in [0.5, 0.6) is 0 Å². The van der Waals surface area contributed by atoms with E-state index in [0.29, 0.717) is 50.8 Å². The second-order valence-corrected chi connectivity index (χ2v) is 10.8. The van der Waals surface area contributed by atoms with Crippen molar-refractivity contribution >= 4 is 46.2 Å². The molecule has 0 radical (unpaired) electrons. The number of amides is 4. The molecular formula is C25H34IN7O4. The number of rotatable bonds is 8. The number of alkyl halides is 1. The number of ether oxygens (including phenoxy) is 1. The monoisotopic (exact) mass is 623 g/mol. The molecule has 2 N–H and O–H groups in total. The number of methoxy groups -OCH3 is 1. The van der Waals surface area contributed by atoms with Gasteiger partial charge in [-0.05, 0) is 24.6 Å². The van der Waals surface area contributed by atoms with Gasteiger partial charge in [-0.15, -0.1) is 0 Å². The van der Waals surface area contributed by atoms with E-state index in [1.54, 1.807) is 27.8 Å². The molecule has 0 saturated carbocycles. The van der Waals surface area contributed by atoms with E-state index < -0.39 is 17.5 Å². The molecule has 0 bridgehead atoms. The molecule has 2 aromatic rings. The Kier molecular flexibility index (Phi) is 8.39. The minimum atomic E-state index is -0.796. The van der Waals surface area contributed by atoms with Crippen LogP contribution in [0.4, 0.5) is 15.3 Å². The van der Waals surface area contributed by atoms with Crippen molar-refractivity contribution in [2.24, 2.45) is 5.41 Å². The number of aryl methyl sites for hydroxylation is 1. The van der Waals surface area contributed by atoms with Crippen molar-refractivity contribution in [3.05, 3.63) is 47.5 Å². The van der Waals surface area contributed by atoms with Crippen molar-refractivity contribution in [1.82, 2.24) is 29.8 Å². The standard InChI is InChI=1S/C25H34IN7O4/c1-17-27-14-20-15-32(24(36)33(17)20)31-11-9-30(10-12-31)22(34)21(25(2,3)16-37-4)29-23(35)28-19-7-5-18(13-26)6-8-19/h5-8,14,21H,9-13,15-16H2,1-4H3,(H2,28,29,35). The smallest absolute Gasteiger partial charge is 0.344 e. The number of carbonyl (C=O) groups excluding carboxylic acids is 3. The number of nitrogens with zero attached hydrogens (tertiary/aromatic N) is 5. The van der Waals surface area contributed by atoms with E-state index in [1.807, 2.05) is 50.0 Å². The van der Waals surface area contributed by atoms with Crippen molar-refractivity contribution in [2.45, 2.75) is 37.8 Å². The number of imidazole rings is 1. The minimum absolute atomic E-state index is 0.117. The van der Waals surface area contributed by atoms with Gasteiger partial charge in [0.2, 0.25) is 5.91 Å². The molecule has 4 rings (SSSR count). The Hall–Kier alpha value is -2.71. The van der Waals surface area contributed by atoms with E-state index in [4.69, 9.17) is 4.74 Å². The average Bonchev–Trinajstić information content (AvgIpc) is 3.41. The molecule has 37 heavy (non-hydrogen) atoms. The van der Waals surface area contributed by atoms with Crippen LogP contribution in [0.1, 0.15) is 30.9 Å². The van der Waals surface area contributed by atoms with Crippen molar-refractivity contribution in [3.63, 3.8) is 0 Å². The van der Waals surface area contributed by atoms with E-state index in [0.717, 1.165) is 15.7 Å². The van der Waals surface area contributed by atoms with Gasteiger partial charge in [-0.1, -0.05) is 48.6 Å². The summed E-state index contributed by atoms with van der Waals surface area (Å²) >= 11 is 2.29. The average molecular weight is 623 g/mol. The number of urea groups is 1. The maximum Gasteiger partial charge on any atom is 0.344 e. The summed E-state index contributed by atoms with van der Waals surface area (Å²) in [6.07, 6.45) is 1.73. The fourth-order valence-electron chi connectivity index (χ4n) is 4.78. The molecule has 0 aliphatic carbocycles. The third kappa shape index (κ3) is 5.91. The molecule has 0 spiro atoms. The van der Waals surface area contributed by atoms with Crippen LogP contribution in [-0.2, 0) is 20.5 Å². The van der Waals surface area contributed by atoms with E-state index in [-0.39, 0.29) is 11.9 Å². The molecule has 1 unspecified atom stereocenters. The minimum Gasteiger partial charge on any atom is -0.384 e. The zero-order chi connectivity index (χ0) is 26.7. The Morgan fingerprint density at radius 2 is 1.84 bits per heavy atom. The maximum absolute atomic E-state index is 13.7. The number of anilines is 1. The summed E-state index contributed by atoms with van der Waals surface area (Å²) in [5.41, 5.74) is 2.03. The number of benzene rings is 1. The Morgan fingerprint density at radius 3 is 2.43 bits per heavy atom. The fraction of sp³-hybridized carbons (Fsp3) is 0.520. The predicted octanol–water partition coefficient (Wildman–Crippen LogP) is 2.83. The molecule has 3 heterocycles. The molecule has 1 fully saturated rings. The molecule has 1 aromatic heterocycles. The third-order valence-corrected chi connectivity index (χ3v) is 7.71. The Bertz CT molecular complexity index is 1140. The predicted molar refractivity (Wildman–Crippen MR) is 147 cm³/mol. The van der Waals surface area contributed by atoms with Crippen molar-refractivity contribution in [1.29, 1.82) is 0 Å². The SMILES string of the molecule is COCC(C)(C)C(NC(=O)Nc1ccc(CI)cc1)C(=O)N1CCN(N2Cc3cnc(C)n3C2=O)CC1. The van der Waals surface area contributed by atoms with E-state index >= 15 is 0 Å². The van der Waals surface area contributed by atoms with Gasteiger partial charge in [0.1, 0.15) is 11.9 Å². The van der Waals surface area contributed by atoms with Gasteiger partial charge in [-0.2, -0.15) is 0 Å². The summed E-state index contributed by atoms with van der Waals surface area (Å²) < 4.78 is 7.88. The second kappa shape index (κ2) is 11.4. The summed E-state index contributed by atoms with van der Waals surface area (Å²) in [4.78, 5) is 45.4. The molecule has 2 aliphatic heterocycles. The van der Waals surface area contributed by atoms with Crippen LogP contribution in [0.3, 0.4) is 0 Å². The van der Waals surface area contributed by atoms with Gasteiger partial charge < -0.3 is 20.3 Å². The van der Waals surface area contributed by atoms with Crippen molar-refractivity contribution in [3.8, 4) is 0 Å².